The average molecular weight is 494 g/mol. The second kappa shape index (κ2) is 10.6. The maximum atomic E-state index is 13.4. The molecule has 5 nitrogen and oxygen atoms in total. The summed E-state index contributed by atoms with van der Waals surface area (Å²) in [6.07, 6.45) is 4.64. The summed E-state index contributed by atoms with van der Waals surface area (Å²) in [5, 5.41) is 11.6. The van der Waals surface area contributed by atoms with Crippen molar-refractivity contribution in [2.24, 2.45) is 34.0 Å². The summed E-state index contributed by atoms with van der Waals surface area (Å²) in [5.41, 5.74) is -1.25. The van der Waals surface area contributed by atoms with E-state index in [2.05, 4.69) is 46.1 Å². The van der Waals surface area contributed by atoms with Gasteiger partial charge in [-0.25, -0.2) is 0 Å². The molecule has 194 valence electrons. The fourth-order valence-electron chi connectivity index (χ4n) is 7.58. The first-order valence-electron chi connectivity index (χ1n) is 13.3. The predicted octanol–water partition coefficient (Wildman–Crippen LogP) is 4.97. The number of esters is 1. The third-order valence-electron chi connectivity index (χ3n) is 10.2. The van der Waals surface area contributed by atoms with Crippen LogP contribution < -0.4 is 0 Å². The third-order valence-corrected chi connectivity index (χ3v) is 11.2. The van der Waals surface area contributed by atoms with E-state index in [0.717, 1.165) is 44.6 Å². The Balaban J connectivity index is 1.88. The molecule has 2 bridgehead atoms. The van der Waals surface area contributed by atoms with Crippen LogP contribution >= 0.6 is 11.8 Å². The van der Waals surface area contributed by atoms with Crippen LogP contribution in [0.3, 0.4) is 0 Å². The molecule has 0 aliphatic heterocycles. The number of carbonyl (C=O) groups is 2. The molecular formula is C28H47NO4S. The predicted molar refractivity (Wildman–Crippen MR) is 140 cm³/mol. The maximum Gasteiger partial charge on any atom is 0.316 e. The van der Waals surface area contributed by atoms with E-state index in [1.807, 2.05) is 13.0 Å². The summed E-state index contributed by atoms with van der Waals surface area (Å²) in [6.45, 7) is 20.0. The molecule has 8 atom stereocenters. The van der Waals surface area contributed by atoms with Gasteiger partial charge < -0.3 is 14.7 Å². The molecule has 34 heavy (non-hydrogen) atoms. The Hall–Kier alpha value is -0.850. The summed E-state index contributed by atoms with van der Waals surface area (Å²) < 4.78 is 6.30. The Bertz CT molecular complexity index is 770. The molecule has 1 N–H and O–H groups in total. The normalized spacial score (nSPS) is 42.1. The lowest BCUT2D eigenvalue weighted by molar-refractivity contribution is -0.205. The van der Waals surface area contributed by atoms with Crippen LogP contribution in [0.4, 0.5) is 0 Å². The summed E-state index contributed by atoms with van der Waals surface area (Å²) >= 11 is 1.61. The van der Waals surface area contributed by atoms with Gasteiger partial charge in [-0.2, -0.15) is 0 Å². The molecule has 0 heterocycles. The Morgan fingerprint density at radius 3 is 2.56 bits per heavy atom. The average Bonchev–Trinajstić information content (AvgIpc) is 3.17. The summed E-state index contributed by atoms with van der Waals surface area (Å²) in [5.74, 6) is 1.37. The minimum atomic E-state index is -0.624. The maximum absolute atomic E-state index is 13.4. The molecule has 6 heteroatoms. The molecule has 0 aromatic carbocycles. The van der Waals surface area contributed by atoms with Gasteiger partial charge in [-0.1, -0.05) is 47.6 Å². The van der Waals surface area contributed by atoms with Crippen molar-refractivity contribution >= 4 is 23.5 Å². The standard InChI is InChI=1S/C28H47NO4S/c1-8-26(6)17-22(33-23(31)18-34-16-15-29(9-2)10-3)27(7)19(4)11-13-28(20(5)25(26)32)14-12-21(30)24(27)28/h8,19-20,22,24-25,32H,1,9-18H2,2-7H3/t19-,20+,22-,24+,25+,26-,27-,28-/m1/s1. The topological polar surface area (TPSA) is 66.8 Å². The first-order chi connectivity index (χ1) is 16.0. The van der Waals surface area contributed by atoms with Crippen molar-refractivity contribution in [3.05, 3.63) is 12.7 Å². The lowest BCUT2D eigenvalue weighted by Gasteiger charge is -2.61. The third kappa shape index (κ3) is 4.64. The lowest BCUT2D eigenvalue weighted by Crippen LogP contribution is -2.63. The van der Waals surface area contributed by atoms with Crippen molar-refractivity contribution in [1.29, 1.82) is 0 Å². The second-order valence-corrected chi connectivity index (χ2v) is 12.7. The van der Waals surface area contributed by atoms with Gasteiger partial charge in [0, 0.05) is 35.5 Å². The molecule has 0 aromatic rings. The van der Waals surface area contributed by atoms with Gasteiger partial charge in [0.1, 0.15) is 11.9 Å². The van der Waals surface area contributed by atoms with Gasteiger partial charge in [-0.15, -0.1) is 18.3 Å². The zero-order valence-corrected chi connectivity index (χ0v) is 23.1. The van der Waals surface area contributed by atoms with Crippen molar-refractivity contribution in [3.63, 3.8) is 0 Å². The van der Waals surface area contributed by atoms with Crippen LogP contribution in [0.25, 0.3) is 0 Å². The molecule has 0 unspecified atom stereocenters. The Morgan fingerprint density at radius 1 is 1.26 bits per heavy atom. The number of ketones is 1. The monoisotopic (exact) mass is 493 g/mol. The van der Waals surface area contributed by atoms with E-state index in [1.54, 1.807) is 11.8 Å². The first-order valence-corrected chi connectivity index (χ1v) is 14.5. The van der Waals surface area contributed by atoms with Gasteiger partial charge in [-0.05, 0) is 56.0 Å². The van der Waals surface area contributed by atoms with Gasteiger partial charge in [0.05, 0.1) is 11.9 Å². The van der Waals surface area contributed by atoms with Crippen LogP contribution in [0.2, 0.25) is 0 Å². The van der Waals surface area contributed by atoms with Crippen LogP contribution in [-0.4, -0.2) is 65.1 Å². The molecule has 0 saturated heterocycles. The van der Waals surface area contributed by atoms with Crippen LogP contribution in [0, 0.1) is 34.0 Å². The molecule has 0 amide bonds. The van der Waals surface area contributed by atoms with Gasteiger partial charge in [0.2, 0.25) is 0 Å². The quantitative estimate of drug-likeness (QED) is 0.278. The second-order valence-electron chi connectivity index (χ2n) is 11.6. The van der Waals surface area contributed by atoms with Gasteiger partial charge in [-0.3, -0.25) is 9.59 Å². The van der Waals surface area contributed by atoms with Crippen molar-refractivity contribution < 1.29 is 19.4 Å². The molecule has 3 rings (SSSR count). The van der Waals surface area contributed by atoms with Gasteiger partial charge in [0.25, 0.3) is 0 Å². The zero-order valence-electron chi connectivity index (χ0n) is 22.3. The van der Waals surface area contributed by atoms with Crippen molar-refractivity contribution in [2.45, 2.75) is 85.9 Å². The fourth-order valence-corrected chi connectivity index (χ4v) is 8.35. The summed E-state index contributed by atoms with van der Waals surface area (Å²) in [4.78, 5) is 28.9. The number of hydrogen-bond acceptors (Lipinski definition) is 6. The Labute approximate surface area is 211 Å². The number of aliphatic hydroxyl groups is 1. The van der Waals surface area contributed by atoms with Gasteiger partial charge in [0.15, 0.2) is 0 Å². The highest BCUT2D eigenvalue weighted by Gasteiger charge is 2.68. The molecular weight excluding hydrogens is 446 g/mol. The highest BCUT2D eigenvalue weighted by molar-refractivity contribution is 7.99. The SMILES string of the molecule is C=C[C@]1(C)C[C@@H](OC(=O)CSCCN(CC)CC)[C@@]2(C)[C@H](C)CC[C@@]3(CCC(=O)[C@H]32)[C@@H](C)[C@@H]1O. The van der Waals surface area contributed by atoms with E-state index < -0.39 is 23.0 Å². The Kier molecular flexibility index (Phi) is 8.68. The number of aliphatic hydroxyl groups excluding tert-OH is 1. The number of thioether (sulfide) groups is 1. The minimum absolute atomic E-state index is 0.00828. The van der Waals surface area contributed by atoms with Crippen molar-refractivity contribution in [3.8, 4) is 0 Å². The van der Waals surface area contributed by atoms with Crippen LogP contribution in [-0.2, 0) is 14.3 Å². The van der Waals surface area contributed by atoms with Crippen molar-refractivity contribution in [1.82, 2.24) is 4.90 Å². The zero-order chi connectivity index (χ0) is 25.3. The molecule has 3 saturated carbocycles. The van der Waals surface area contributed by atoms with E-state index in [9.17, 15) is 14.7 Å². The largest absolute Gasteiger partial charge is 0.461 e. The molecule has 3 aliphatic rings. The number of ether oxygens (including phenoxy) is 1. The molecule has 0 spiro atoms. The number of Topliss-reactive ketones (excluding diaryl/α,β-unsaturated/α-hetero) is 1. The van der Waals surface area contributed by atoms with Crippen LogP contribution in [0.15, 0.2) is 12.7 Å². The number of carbonyl (C=O) groups excluding carboxylic acids is 2. The highest BCUT2D eigenvalue weighted by Crippen LogP contribution is 2.67. The smallest absolute Gasteiger partial charge is 0.316 e. The van der Waals surface area contributed by atoms with E-state index >= 15 is 0 Å². The highest BCUT2D eigenvalue weighted by atomic mass is 32.2. The van der Waals surface area contributed by atoms with E-state index in [4.69, 9.17) is 4.74 Å². The van der Waals surface area contributed by atoms with E-state index in [1.165, 1.54) is 0 Å². The van der Waals surface area contributed by atoms with E-state index in [-0.39, 0.29) is 29.1 Å². The minimum Gasteiger partial charge on any atom is -0.461 e. The van der Waals surface area contributed by atoms with Crippen molar-refractivity contribution in [2.75, 3.05) is 31.1 Å². The fraction of sp³-hybridized carbons (Fsp3) is 0.857. The summed E-state index contributed by atoms with van der Waals surface area (Å²) in [6, 6.07) is 0. The van der Waals surface area contributed by atoms with E-state index in [0.29, 0.717) is 24.4 Å². The lowest BCUT2D eigenvalue weighted by atomic mass is 9.44. The molecule has 3 aliphatic carbocycles. The summed E-state index contributed by atoms with van der Waals surface area (Å²) in [7, 11) is 0. The first kappa shape index (κ1) is 27.7. The molecule has 3 fully saturated rings. The molecule has 0 radical (unpaired) electrons. The van der Waals surface area contributed by atoms with Gasteiger partial charge >= 0.3 is 5.97 Å². The number of rotatable bonds is 9. The number of nitrogens with zero attached hydrogens (tertiary/aromatic N) is 1. The molecule has 0 aromatic heterocycles. The van der Waals surface area contributed by atoms with Crippen LogP contribution in [0.5, 0.6) is 0 Å². The Morgan fingerprint density at radius 2 is 1.94 bits per heavy atom. The number of hydrogen-bond donors (Lipinski definition) is 1. The van der Waals surface area contributed by atoms with Crippen LogP contribution in [0.1, 0.15) is 73.6 Å².